The molecule has 2 aromatic carbocycles. The third kappa shape index (κ3) is 3.88. The molecule has 0 aromatic heterocycles. The Kier molecular flexibility index (Phi) is 5.33. The highest BCUT2D eigenvalue weighted by Crippen LogP contribution is 2.28. The van der Waals surface area contributed by atoms with Crippen LogP contribution in [0.25, 0.3) is 0 Å². The molecule has 0 saturated carbocycles. The van der Waals surface area contributed by atoms with Gasteiger partial charge in [-0.2, -0.15) is 0 Å². The molecule has 1 N–H and O–H groups in total. The van der Waals surface area contributed by atoms with Crippen LogP contribution in [-0.2, 0) is 9.59 Å². The Labute approximate surface area is 166 Å². The van der Waals surface area contributed by atoms with Crippen molar-refractivity contribution in [1.82, 2.24) is 0 Å². The molecule has 0 bridgehead atoms. The average Bonchev–Trinajstić information content (AvgIpc) is 3.11. The first kappa shape index (κ1) is 18.5. The van der Waals surface area contributed by atoms with Crippen molar-refractivity contribution in [1.29, 1.82) is 0 Å². The van der Waals surface area contributed by atoms with E-state index in [1.54, 1.807) is 4.90 Å². The maximum Gasteiger partial charge on any atom is 0.247 e. The number of carbonyl (C=O) groups excluding carboxylic acids is 2. The van der Waals surface area contributed by atoms with Gasteiger partial charge in [0.05, 0.1) is 0 Å². The Morgan fingerprint density at radius 2 is 1.61 bits per heavy atom. The summed E-state index contributed by atoms with van der Waals surface area (Å²) < 4.78 is 0. The molecule has 0 aliphatic carbocycles. The molecule has 0 spiro atoms. The molecule has 2 heterocycles. The lowest BCUT2D eigenvalue weighted by molar-refractivity contribution is -0.120. The molecular weight excluding hydrogens is 350 g/mol. The minimum absolute atomic E-state index is 0.000949. The molecule has 2 aliphatic rings. The van der Waals surface area contributed by atoms with Gasteiger partial charge in [0, 0.05) is 36.6 Å². The van der Waals surface area contributed by atoms with E-state index >= 15 is 0 Å². The number of hydrogen-bond donors (Lipinski definition) is 1. The van der Waals surface area contributed by atoms with Gasteiger partial charge in [-0.15, -0.1) is 0 Å². The van der Waals surface area contributed by atoms with Crippen molar-refractivity contribution in [3.05, 3.63) is 54.6 Å². The minimum Gasteiger partial charge on any atom is -0.372 e. The predicted octanol–water partition coefficient (Wildman–Crippen LogP) is 4.06. The summed E-state index contributed by atoms with van der Waals surface area (Å²) in [5.74, 6) is 0.673. The molecule has 2 fully saturated rings. The van der Waals surface area contributed by atoms with Crippen LogP contribution in [-0.4, -0.2) is 30.9 Å². The van der Waals surface area contributed by atoms with Gasteiger partial charge >= 0.3 is 0 Å². The second kappa shape index (κ2) is 8.05. The van der Waals surface area contributed by atoms with Crippen molar-refractivity contribution in [2.24, 2.45) is 5.92 Å². The van der Waals surface area contributed by atoms with Crippen LogP contribution in [0.5, 0.6) is 0 Å². The molecule has 2 aromatic rings. The lowest BCUT2D eigenvalue weighted by Gasteiger charge is -2.32. The second-order valence-corrected chi connectivity index (χ2v) is 7.86. The number of anilines is 3. The summed E-state index contributed by atoms with van der Waals surface area (Å²) in [5, 5.41) is 2.99. The molecule has 2 saturated heterocycles. The predicted molar refractivity (Wildman–Crippen MR) is 113 cm³/mol. The zero-order valence-electron chi connectivity index (χ0n) is 16.3. The van der Waals surface area contributed by atoms with Gasteiger partial charge in [-0.05, 0) is 61.6 Å². The summed E-state index contributed by atoms with van der Waals surface area (Å²) in [6.45, 7) is 4.48. The van der Waals surface area contributed by atoms with E-state index in [1.807, 2.05) is 42.5 Å². The SMILES string of the molecule is CC1CCN(c2ccc(NC(=O)C3CCC(=O)N3c3ccccc3)cc2)CC1. The normalized spacial score (nSPS) is 20.5. The highest BCUT2D eigenvalue weighted by molar-refractivity contribution is 6.07. The van der Waals surface area contributed by atoms with Gasteiger partial charge < -0.3 is 10.2 Å². The van der Waals surface area contributed by atoms with Crippen LogP contribution in [0, 0.1) is 5.92 Å². The zero-order chi connectivity index (χ0) is 19.5. The summed E-state index contributed by atoms with van der Waals surface area (Å²) in [6, 6.07) is 17.0. The summed E-state index contributed by atoms with van der Waals surface area (Å²) in [7, 11) is 0. The van der Waals surface area contributed by atoms with Gasteiger partial charge in [-0.1, -0.05) is 25.1 Å². The Morgan fingerprint density at radius 1 is 0.929 bits per heavy atom. The molecule has 5 nitrogen and oxygen atoms in total. The van der Waals surface area contributed by atoms with Gasteiger partial charge in [-0.25, -0.2) is 0 Å². The number of nitrogens with zero attached hydrogens (tertiary/aromatic N) is 2. The second-order valence-electron chi connectivity index (χ2n) is 7.86. The van der Waals surface area contributed by atoms with E-state index in [0.29, 0.717) is 12.8 Å². The topological polar surface area (TPSA) is 52.7 Å². The van der Waals surface area contributed by atoms with E-state index in [-0.39, 0.29) is 11.8 Å². The molecule has 1 unspecified atom stereocenters. The van der Waals surface area contributed by atoms with Crippen LogP contribution in [0.15, 0.2) is 54.6 Å². The largest absolute Gasteiger partial charge is 0.372 e. The van der Waals surface area contributed by atoms with E-state index in [0.717, 1.165) is 30.4 Å². The number of piperidine rings is 1. The van der Waals surface area contributed by atoms with Crippen molar-refractivity contribution >= 4 is 28.9 Å². The van der Waals surface area contributed by atoms with Crippen molar-refractivity contribution < 1.29 is 9.59 Å². The summed E-state index contributed by atoms with van der Waals surface area (Å²) in [5.41, 5.74) is 2.75. The molecule has 146 valence electrons. The molecule has 1 atom stereocenters. The Morgan fingerprint density at radius 3 is 2.29 bits per heavy atom. The smallest absolute Gasteiger partial charge is 0.247 e. The van der Waals surface area contributed by atoms with E-state index in [2.05, 4.69) is 29.3 Å². The molecule has 28 heavy (non-hydrogen) atoms. The number of nitrogens with one attached hydrogen (secondary N) is 1. The van der Waals surface area contributed by atoms with Crippen molar-refractivity contribution in [2.75, 3.05) is 28.2 Å². The maximum absolute atomic E-state index is 12.9. The Bertz CT molecular complexity index is 827. The number of rotatable bonds is 4. The van der Waals surface area contributed by atoms with Crippen molar-refractivity contribution in [2.45, 2.75) is 38.6 Å². The van der Waals surface area contributed by atoms with Gasteiger partial charge in [0.25, 0.3) is 0 Å². The highest BCUT2D eigenvalue weighted by Gasteiger charge is 2.37. The van der Waals surface area contributed by atoms with Crippen LogP contribution in [0.3, 0.4) is 0 Å². The first-order valence-corrected chi connectivity index (χ1v) is 10.1. The first-order valence-electron chi connectivity index (χ1n) is 10.1. The number of benzene rings is 2. The fourth-order valence-corrected chi connectivity index (χ4v) is 4.09. The lowest BCUT2D eigenvalue weighted by atomic mass is 9.99. The molecule has 0 radical (unpaired) electrons. The monoisotopic (exact) mass is 377 g/mol. The number of carbonyl (C=O) groups is 2. The molecule has 4 rings (SSSR count). The zero-order valence-corrected chi connectivity index (χ0v) is 16.3. The van der Waals surface area contributed by atoms with Crippen LogP contribution in [0.4, 0.5) is 17.1 Å². The molecular formula is C23H27N3O2. The Hall–Kier alpha value is -2.82. The quantitative estimate of drug-likeness (QED) is 0.874. The van der Waals surface area contributed by atoms with Crippen LogP contribution < -0.4 is 15.1 Å². The highest BCUT2D eigenvalue weighted by atomic mass is 16.2. The lowest BCUT2D eigenvalue weighted by Crippen LogP contribution is -2.41. The van der Waals surface area contributed by atoms with Crippen LogP contribution in [0.1, 0.15) is 32.6 Å². The van der Waals surface area contributed by atoms with Gasteiger partial charge in [0.2, 0.25) is 11.8 Å². The number of hydrogen-bond acceptors (Lipinski definition) is 3. The van der Waals surface area contributed by atoms with Gasteiger partial charge in [-0.3, -0.25) is 14.5 Å². The fourth-order valence-electron chi connectivity index (χ4n) is 4.09. The molecule has 2 amide bonds. The third-order valence-corrected chi connectivity index (χ3v) is 5.83. The number of para-hydroxylation sites is 1. The maximum atomic E-state index is 12.9. The standard InChI is InChI=1S/C23H27N3O2/c1-17-13-15-25(16-14-17)19-9-7-18(8-10-19)24-23(28)21-11-12-22(27)26(21)20-5-3-2-4-6-20/h2-10,17,21H,11-16H2,1H3,(H,24,28). The van der Waals surface area contributed by atoms with Crippen molar-refractivity contribution in [3.8, 4) is 0 Å². The molecule has 5 heteroatoms. The van der Waals surface area contributed by atoms with E-state index in [4.69, 9.17) is 0 Å². The summed E-state index contributed by atoms with van der Waals surface area (Å²) in [4.78, 5) is 29.2. The minimum atomic E-state index is -0.460. The van der Waals surface area contributed by atoms with Crippen molar-refractivity contribution in [3.63, 3.8) is 0 Å². The first-order chi connectivity index (χ1) is 13.6. The van der Waals surface area contributed by atoms with Gasteiger partial charge in [0.1, 0.15) is 6.04 Å². The fraction of sp³-hybridized carbons (Fsp3) is 0.391. The van der Waals surface area contributed by atoms with Crippen LogP contribution in [0.2, 0.25) is 0 Å². The van der Waals surface area contributed by atoms with E-state index in [9.17, 15) is 9.59 Å². The van der Waals surface area contributed by atoms with Crippen LogP contribution >= 0.6 is 0 Å². The third-order valence-electron chi connectivity index (χ3n) is 5.83. The van der Waals surface area contributed by atoms with Gasteiger partial charge in [0.15, 0.2) is 0 Å². The number of amides is 2. The molecule has 2 aliphatic heterocycles. The summed E-state index contributed by atoms with van der Waals surface area (Å²) in [6.07, 6.45) is 3.40. The summed E-state index contributed by atoms with van der Waals surface area (Å²) >= 11 is 0. The average molecular weight is 377 g/mol. The van der Waals surface area contributed by atoms with E-state index < -0.39 is 6.04 Å². The van der Waals surface area contributed by atoms with E-state index in [1.165, 1.54) is 18.5 Å². The Balaban J connectivity index is 1.42.